The summed E-state index contributed by atoms with van der Waals surface area (Å²) >= 11 is 0. The van der Waals surface area contributed by atoms with E-state index < -0.39 is 0 Å². The molecule has 0 spiro atoms. The van der Waals surface area contributed by atoms with Gasteiger partial charge >= 0.3 is 0 Å². The van der Waals surface area contributed by atoms with Crippen LogP contribution in [0.1, 0.15) is 58.4 Å². The molecule has 1 aromatic rings. The number of nitrogens with one attached hydrogen (secondary N) is 2. The number of aliphatic hydroxyl groups is 3. The molecule has 1 aromatic carbocycles. The van der Waals surface area contributed by atoms with Gasteiger partial charge in [-0.3, -0.25) is 0 Å². The van der Waals surface area contributed by atoms with Crippen molar-refractivity contribution < 1.29 is 19.7 Å². The number of hydrogen-bond donors (Lipinski definition) is 4. The average Bonchev–Trinajstić information content (AvgIpc) is 3.55. The number of hydrogen-bond acceptors (Lipinski definition) is 6. The van der Waals surface area contributed by atoms with E-state index in [1.807, 2.05) is 25.4 Å². The van der Waals surface area contributed by atoms with Crippen LogP contribution < -0.4 is 15.4 Å². The Hall–Kier alpha value is -2.45. The maximum absolute atomic E-state index is 10.3. The van der Waals surface area contributed by atoms with Crippen LogP contribution in [0, 0.1) is 17.9 Å². The zero-order chi connectivity index (χ0) is 26.6. The summed E-state index contributed by atoms with van der Waals surface area (Å²) in [7, 11) is 1.93. The van der Waals surface area contributed by atoms with Crippen LogP contribution in [0.5, 0.6) is 11.5 Å². The van der Waals surface area contributed by atoms with Gasteiger partial charge in [-0.2, -0.15) is 0 Å². The van der Waals surface area contributed by atoms with Crippen molar-refractivity contribution in [2.75, 3.05) is 26.7 Å². The second-order valence-electron chi connectivity index (χ2n) is 10.2. The third kappa shape index (κ3) is 9.42. The smallest absolute Gasteiger partial charge is 0.178 e. The van der Waals surface area contributed by atoms with Crippen molar-refractivity contribution in [1.29, 1.82) is 0 Å². The Kier molecular flexibility index (Phi) is 11.9. The normalized spacial score (nSPS) is 19.4. The predicted molar refractivity (Wildman–Crippen MR) is 151 cm³/mol. The standard InChI is InChI=1S/C30H45N3O4/c1-5-6-7-26-11-12-27(37-26)10-8-23-9-13-29(35)30(16-23)36-15-14-25-17-24(19-32-25)22(3)28(20-31-4)33-18-21(2)34/h9,11-13,16-17,19,21-22,26,28,31,33-34,37H,5-8,10,14-15,18,20H2,1-4H3/p+1/t21-,22-,26?,28-/m0/s1. The number of ether oxygens (including phenoxy) is 2. The van der Waals surface area contributed by atoms with Gasteiger partial charge in [0.05, 0.1) is 24.5 Å². The van der Waals surface area contributed by atoms with Gasteiger partial charge in [-0.05, 0) is 57.9 Å². The van der Waals surface area contributed by atoms with E-state index in [0.29, 0.717) is 31.4 Å². The number of phenolic OH excluding ortho intramolecular Hbond substituents is 1. The molecule has 5 N–H and O–H groups in total. The molecule has 0 fully saturated rings. The molecule has 2 aliphatic rings. The summed E-state index contributed by atoms with van der Waals surface area (Å²) in [6.45, 7) is 7.97. The Balaban J connectivity index is 1.45. The van der Waals surface area contributed by atoms with Crippen molar-refractivity contribution in [3.8, 4) is 11.5 Å². The van der Waals surface area contributed by atoms with Crippen molar-refractivity contribution in [2.24, 2.45) is 10.9 Å². The summed E-state index contributed by atoms with van der Waals surface area (Å²) in [6, 6.07) is 5.80. The lowest BCUT2D eigenvalue weighted by molar-refractivity contribution is -0.0480. The minimum Gasteiger partial charge on any atom is -0.504 e. The summed E-state index contributed by atoms with van der Waals surface area (Å²) in [5.74, 6) is 2.08. The molecular weight excluding hydrogens is 466 g/mol. The maximum Gasteiger partial charge on any atom is 0.178 e. The van der Waals surface area contributed by atoms with E-state index in [9.17, 15) is 10.2 Å². The lowest BCUT2D eigenvalue weighted by Gasteiger charge is -2.24. The first kappa shape index (κ1) is 29.1. The van der Waals surface area contributed by atoms with Gasteiger partial charge in [-0.15, -0.1) is 17.1 Å². The van der Waals surface area contributed by atoms with E-state index in [1.165, 1.54) is 18.8 Å². The summed E-state index contributed by atoms with van der Waals surface area (Å²) in [6.07, 6.45) is 15.5. The zero-order valence-electron chi connectivity index (χ0n) is 22.9. The average molecular weight is 513 g/mol. The molecule has 0 saturated heterocycles. The van der Waals surface area contributed by atoms with Crippen LogP contribution in [-0.4, -0.2) is 66.2 Å². The highest BCUT2D eigenvalue weighted by molar-refractivity contribution is 5.83. The minimum absolute atomic E-state index is 0.158. The lowest BCUT2D eigenvalue weighted by atomic mass is 9.88. The summed E-state index contributed by atoms with van der Waals surface area (Å²) < 4.78 is 10.8. The number of unbranched alkanes of at least 4 members (excludes halogenated alkanes) is 1. The van der Waals surface area contributed by atoms with Crippen LogP contribution in [0.2, 0.25) is 0 Å². The number of benzene rings is 1. The molecule has 4 atom stereocenters. The highest BCUT2D eigenvalue weighted by atomic mass is 16.5. The number of nitrogens with zero attached hydrogens (tertiary/aromatic N) is 1. The van der Waals surface area contributed by atoms with Crippen LogP contribution >= 0.6 is 0 Å². The van der Waals surface area contributed by atoms with Crippen LogP contribution in [-0.2, 0) is 6.42 Å². The fourth-order valence-electron chi connectivity index (χ4n) is 4.62. The molecule has 0 aromatic heterocycles. The highest BCUT2D eigenvalue weighted by Crippen LogP contribution is 2.30. The number of aryl methyl sites for hydroxylation is 1. The van der Waals surface area contributed by atoms with E-state index in [-0.39, 0.29) is 23.8 Å². The van der Waals surface area contributed by atoms with Gasteiger partial charge in [0, 0.05) is 25.6 Å². The van der Waals surface area contributed by atoms with Gasteiger partial charge < -0.3 is 30.3 Å². The lowest BCUT2D eigenvalue weighted by Crippen LogP contribution is -2.46. The number of likely N-dealkylation sites (N-methyl/N-ethyl adjacent to an activating group) is 1. The van der Waals surface area contributed by atoms with Crippen molar-refractivity contribution in [1.82, 2.24) is 10.6 Å². The third-order valence-electron chi connectivity index (χ3n) is 6.95. The fraction of sp³-hybridized carbons (Fsp3) is 0.567. The second-order valence-corrected chi connectivity index (χ2v) is 10.2. The van der Waals surface area contributed by atoms with Gasteiger partial charge in [0.2, 0.25) is 0 Å². The molecule has 0 bridgehead atoms. The highest BCUT2D eigenvalue weighted by Gasteiger charge is 2.33. The number of rotatable bonds is 17. The van der Waals surface area contributed by atoms with Crippen molar-refractivity contribution in [2.45, 2.75) is 77.5 Å². The van der Waals surface area contributed by atoms with Gasteiger partial charge in [-0.25, -0.2) is 0 Å². The van der Waals surface area contributed by atoms with E-state index in [0.717, 1.165) is 43.2 Å². The van der Waals surface area contributed by atoms with E-state index in [4.69, 9.17) is 9.47 Å². The predicted octanol–water partition coefficient (Wildman–Crippen LogP) is 4.02. The topological polar surface area (TPSA) is 98.9 Å². The Bertz CT molecular complexity index is 914. The molecule has 204 valence electrons. The molecule has 7 nitrogen and oxygen atoms in total. The van der Waals surface area contributed by atoms with Crippen molar-refractivity contribution in [3.05, 3.63) is 59.7 Å². The Morgan fingerprint density at radius 3 is 2.84 bits per heavy atom. The Labute approximate surface area is 223 Å². The summed E-state index contributed by atoms with van der Waals surface area (Å²) in [4.78, 5) is 4.58. The van der Waals surface area contributed by atoms with Gasteiger partial charge in [0.15, 0.2) is 17.2 Å². The van der Waals surface area contributed by atoms with Crippen LogP contribution in [0.15, 0.2) is 47.1 Å². The molecule has 37 heavy (non-hydrogen) atoms. The van der Waals surface area contributed by atoms with Gasteiger partial charge in [-0.1, -0.05) is 19.4 Å². The third-order valence-corrected chi connectivity index (χ3v) is 6.95. The molecule has 0 radical (unpaired) electrons. The molecule has 1 unspecified atom stereocenters. The Morgan fingerprint density at radius 2 is 2.08 bits per heavy atom. The van der Waals surface area contributed by atoms with Crippen LogP contribution in [0.3, 0.4) is 0 Å². The monoisotopic (exact) mass is 512 g/mol. The Morgan fingerprint density at radius 1 is 1.24 bits per heavy atom. The molecule has 2 aliphatic heterocycles. The van der Waals surface area contributed by atoms with Crippen molar-refractivity contribution in [3.63, 3.8) is 0 Å². The number of phenols is 1. The van der Waals surface area contributed by atoms with Gasteiger partial charge in [0.1, 0.15) is 30.9 Å². The molecule has 2 heterocycles. The number of aliphatic imine (C=N–C) groups is 1. The first-order valence-corrected chi connectivity index (χ1v) is 13.8. The first-order valence-electron chi connectivity index (χ1n) is 13.8. The molecule has 7 heteroatoms. The fourth-order valence-corrected chi connectivity index (χ4v) is 4.62. The maximum atomic E-state index is 10.3. The van der Waals surface area contributed by atoms with Crippen LogP contribution in [0.25, 0.3) is 0 Å². The molecule has 0 amide bonds. The zero-order valence-corrected chi connectivity index (χ0v) is 22.9. The quantitative estimate of drug-likeness (QED) is 0.187. The van der Waals surface area contributed by atoms with Gasteiger partial charge in [0.25, 0.3) is 0 Å². The van der Waals surface area contributed by atoms with Crippen molar-refractivity contribution >= 4 is 6.21 Å². The number of allylic oxidation sites excluding steroid dienone is 1. The number of aromatic hydroxyl groups is 1. The minimum atomic E-state index is -0.386. The summed E-state index contributed by atoms with van der Waals surface area (Å²) in [5, 5.41) is 26.6. The van der Waals surface area contributed by atoms with E-state index in [2.05, 4.69) is 47.7 Å². The van der Waals surface area contributed by atoms with E-state index >= 15 is 0 Å². The SMILES string of the molecule is CCCCC1C=C[C-](CCc2ccc(O)c(OCCC3=C[C+]([C@H](C)[C@H](CNC)NC[C@H](C)O)C=N3)c2)[OH+]1. The molecule has 0 saturated carbocycles. The van der Waals surface area contributed by atoms with E-state index in [1.54, 1.807) is 13.0 Å². The molecular formula is C30H46N3O4+. The summed E-state index contributed by atoms with van der Waals surface area (Å²) in [5.41, 5.74) is 2.10. The largest absolute Gasteiger partial charge is 0.504 e. The molecule has 0 aliphatic carbocycles. The van der Waals surface area contributed by atoms with Crippen LogP contribution in [0.4, 0.5) is 0 Å². The number of aliphatic hydroxyl groups excluding tert-OH is 1. The first-order chi connectivity index (χ1) is 17.9. The molecule has 3 rings (SSSR count). The second kappa shape index (κ2) is 15.1.